The summed E-state index contributed by atoms with van der Waals surface area (Å²) in [5.41, 5.74) is 2.11. The van der Waals surface area contributed by atoms with Crippen LogP contribution in [0.1, 0.15) is 18.9 Å². The van der Waals surface area contributed by atoms with E-state index in [0.29, 0.717) is 43.2 Å². The third-order valence-electron chi connectivity index (χ3n) is 6.27. The third kappa shape index (κ3) is 3.75. The first kappa shape index (κ1) is 21.2. The summed E-state index contributed by atoms with van der Waals surface area (Å²) in [4.78, 5) is 33.2. The van der Waals surface area contributed by atoms with Crippen LogP contribution in [0.5, 0.6) is 0 Å². The Morgan fingerprint density at radius 3 is 2.48 bits per heavy atom. The number of halogens is 1. The minimum Gasteiger partial charge on any atom is -0.312 e. The van der Waals surface area contributed by atoms with Crippen LogP contribution in [-0.4, -0.2) is 25.2 Å². The molecule has 1 aliphatic heterocycles. The maximum Gasteiger partial charge on any atom is 0.332 e. The summed E-state index contributed by atoms with van der Waals surface area (Å²) in [5, 5.41) is 0. The van der Waals surface area contributed by atoms with Gasteiger partial charge in [-0.25, -0.2) is 9.18 Å². The first-order valence-electron chi connectivity index (χ1n) is 11.2. The quantitative estimate of drug-likeness (QED) is 0.470. The molecule has 1 aliphatic rings. The highest BCUT2D eigenvalue weighted by molar-refractivity contribution is 5.77. The number of benzene rings is 2. The molecule has 3 heterocycles. The molecule has 0 saturated carbocycles. The van der Waals surface area contributed by atoms with Crippen molar-refractivity contribution in [1.82, 2.24) is 18.7 Å². The zero-order valence-electron chi connectivity index (χ0n) is 18.7. The van der Waals surface area contributed by atoms with Crippen LogP contribution in [0.3, 0.4) is 0 Å². The minimum atomic E-state index is -0.364. The lowest BCUT2D eigenvalue weighted by Crippen LogP contribution is -2.40. The maximum absolute atomic E-state index is 13.5. The largest absolute Gasteiger partial charge is 0.332 e. The van der Waals surface area contributed by atoms with Crippen molar-refractivity contribution in [1.29, 1.82) is 0 Å². The average molecular weight is 448 g/mol. The highest BCUT2D eigenvalue weighted by Crippen LogP contribution is 2.32. The third-order valence-corrected chi connectivity index (χ3v) is 6.27. The number of aryl methyl sites for hydroxylation is 2. The molecule has 0 amide bonds. The van der Waals surface area contributed by atoms with Crippen LogP contribution in [0.15, 0.2) is 64.2 Å². The average Bonchev–Trinajstić information content (AvgIpc) is 3.20. The van der Waals surface area contributed by atoms with E-state index < -0.39 is 0 Å². The second kappa shape index (κ2) is 8.35. The molecule has 0 radical (unpaired) electrons. The summed E-state index contributed by atoms with van der Waals surface area (Å²) in [7, 11) is 1.66. The van der Waals surface area contributed by atoms with Crippen LogP contribution < -0.4 is 16.1 Å². The van der Waals surface area contributed by atoms with Crippen LogP contribution in [0, 0.1) is 11.7 Å². The number of fused-ring (bicyclic) bond motifs is 3. The predicted molar refractivity (Wildman–Crippen MR) is 127 cm³/mol. The molecule has 0 N–H and O–H groups in total. The number of nitrogens with zero attached hydrogens (tertiary/aromatic N) is 5. The van der Waals surface area contributed by atoms with Gasteiger partial charge in [-0.15, -0.1) is 0 Å². The van der Waals surface area contributed by atoms with Gasteiger partial charge in [0.25, 0.3) is 5.56 Å². The van der Waals surface area contributed by atoms with Gasteiger partial charge in [0.15, 0.2) is 11.2 Å². The lowest BCUT2D eigenvalue weighted by atomic mass is 10.1. The van der Waals surface area contributed by atoms with E-state index in [-0.39, 0.29) is 23.0 Å². The molecule has 170 valence electrons. The van der Waals surface area contributed by atoms with E-state index in [1.807, 2.05) is 39.8 Å². The Hall–Kier alpha value is -3.68. The second-order valence-electron chi connectivity index (χ2n) is 8.77. The molecule has 0 unspecified atom stereocenters. The van der Waals surface area contributed by atoms with Gasteiger partial charge in [-0.2, -0.15) is 4.98 Å². The maximum atomic E-state index is 13.5. The summed E-state index contributed by atoms with van der Waals surface area (Å²) < 4.78 is 18.2. The molecule has 0 aliphatic carbocycles. The summed E-state index contributed by atoms with van der Waals surface area (Å²) in [6, 6.07) is 16.3. The molecule has 7 nitrogen and oxygen atoms in total. The molecule has 0 spiro atoms. The Morgan fingerprint density at radius 1 is 1.03 bits per heavy atom. The van der Waals surface area contributed by atoms with Crippen molar-refractivity contribution in [2.45, 2.75) is 32.9 Å². The SMILES string of the molecule is C[C@H]1CN(c2ccc(F)cc2)c2nc3c(c(=O)n(CCCc4ccccc4)c(=O)n3C)n2C1. The van der Waals surface area contributed by atoms with Gasteiger partial charge in [-0.3, -0.25) is 13.9 Å². The van der Waals surface area contributed by atoms with Gasteiger partial charge in [-0.05, 0) is 48.6 Å². The van der Waals surface area contributed by atoms with E-state index in [0.717, 1.165) is 12.1 Å². The van der Waals surface area contributed by atoms with Gasteiger partial charge in [0.1, 0.15) is 5.82 Å². The minimum absolute atomic E-state index is 0.239. The van der Waals surface area contributed by atoms with Gasteiger partial charge in [0.2, 0.25) is 5.95 Å². The molecule has 33 heavy (non-hydrogen) atoms. The Bertz CT molecular complexity index is 1420. The second-order valence-corrected chi connectivity index (χ2v) is 8.77. The monoisotopic (exact) mass is 447 g/mol. The molecule has 2 aromatic heterocycles. The highest BCUT2D eigenvalue weighted by atomic mass is 19.1. The predicted octanol–water partition coefficient (Wildman–Crippen LogP) is 3.46. The molecular weight excluding hydrogens is 421 g/mol. The zero-order chi connectivity index (χ0) is 23.1. The van der Waals surface area contributed by atoms with E-state index in [9.17, 15) is 14.0 Å². The number of imidazole rings is 1. The first-order chi connectivity index (χ1) is 15.9. The van der Waals surface area contributed by atoms with Gasteiger partial charge in [0, 0.05) is 32.4 Å². The summed E-state index contributed by atoms with van der Waals surface area (Å²) >= 11 is 0. The van der Waals surface area contributed by atoms with Crippen molar-refractivity contribution in [3.8, 4) is 0 Å². The molecule has 4 aromatic rings. The molecule has 0 fully saturated rings. The van der Waals surface area contributed by atoms with Crippen molar-refractivity contribution >= 4 is 22.8 Å². The number of hydrogen-bond acceptors (Lipinski definition) is 4. The Kier molecular flexibility index (Phi) is 5.36. The standard InChI is InChI=1S/C25H26FN5O2/c1-17-15-30(20-12-10-19(26)11-13-20)24-27-22-21(31(24)16-17)23(32)29(25(33)28(22)2)14-6-9-18-7-4-3-5-8-18/h3-5,7-8,10-13,17H,6,9,14-16H2,1-2H3/t17-/m0/s1. The fourth-order valence-electron chi connectivity index (χ4n) is 4.63. The number of aromatic nitrogens is 4. The van der Waals surface area contributed by atoms with Gasteiger partial charge < -0.3 is 9.47 Å². The lowest BCUT2D eigenvalue weighted by Gasteiger charge is -2.32. The topological polar surface area (TPSA) is 65.1 Å². The van der Waals surface area contributed by atoms with Crippen molar-refractivity contribution < 1.29 is 4.39 Å². The Labute approximate surface area is 190 Å². The van der Waals surface area contributed by atoms with Crippen molar-refractivity contribution in [3.63, 3.8) is 0 Å². The van der Waals surface area contributed by atoms with Crippen LogP contribution in [0.4, 0.5) is 16.0 Å². The number of anilines is 2. The lowest BCUT2D eigenvalue weighted by molar-refractivity contribution is 0.457. The van der Waals surface area contributed by atoms with E-state index in [1.165, 1.54) is 26.8 Å². The fourth-order valence-corrected chi connectivity index (χ4v) is 4.63. The van der Waals surface area contributed by atoms with Crippen LogP contribution in [0.2, 0.25) is 0 Å². The van der Waals surface area contributed by atoms with E-state index >= 15 is 0 Å². The van der Waals surface area contributed by atoms with Crippen LogP contribution in [0.25, 0.3) is 11.2 Å². The smallest absolute Gasteiger partial charge is 0.312 e. The highest BCUT2D eigenvalue weighted by Gasteiger charge is 2.29. The zero-order valence-corrected chi connectivity index (χ0v) is 18.7. The van der Waals surface area contributed by atoms with E-state index in [1.54, 1.807) is 19.2 Å². The number of rotatable bonds is 5. The molecule has 0 bridgehead atoms. The normalized spacial score (nSPS) is 15.7. The van der Waals surface area contributed by atoms with Crippen LogP contribution >= 0.6 is 0 Å². The van der Waals surface area contributed by atoms with Gasteiger partial charge >= 0.3 is 5.69 Å². The molecule has 2 aromatic carbocycles. The molecule has 8 heteroatoms. The Morgan fingerprint density at radius 2 is 1.76 bits per heavy atom. The summed E-state index contributed by atoms with van der Waals surface area (Å²) in [6.07, 6.45) is 1.47. The van der Waals surface area contributed by atoms with Gasteiger partial charge in [-0.1, -0.05) is 37.3 Å². The summed E-state index contributed by atoms with van der Waals surface area (Å²) in [6.45, 7) is 3.76. The van der Waals surface area contributed by atoms with Crippen molar-refractivity contribution in [2.24, 2.45) is 13.0 Å². The fraction of sp³-hybridized carbons (Fsp3) is 0.320. The van der Waals surface area contributed by atoms with E-state index in [4.69, 9.17) is 4.98 Å². The molecule has 1 atom stereocenters. The van der Waals surface area contributed by atoms with Crippen molar-refractivity contribution in [3.05, 3.63) is 86.8 Å². The molecule has 0 saturated heterocycles. The number of hydrogen-bond donors (Lipinski definition) is 0. The molecule has 5 rings (SSSR count). The van der Waals surface area contributed by atoms with E-state index in [2.05, 4.69) is 6.92 Å². The summed E-state index contributed by atoms with van der Waals surface area (Å²) in [5.74, 6) is 0.532. The molecular formula is C25H26FN5O2. The van der Waals surface area contributed by atoms with Gasteiger partial charge in [0.05, 0.1) is 0 Å². The first-order valence-corrected chi connectivity index (χ1v) is 11.2. The van der Waals surface area contributed by atoms with Crippen molar-refractivity contribution in [2.75, 3.05) is 11.4 Å². The van der Waals surface area contributed by atoms with Crippen LogP contribution in [-0.2, 0) is 26.6 Å². The Balaban J connectivity index is 1.57.